The average molecular weight is 372 g/mol. The maximum absolute atomic E-state index is 13.0. The Hall–Kier alpha value is -2.41. The Kier molecular flexibility index (Phi) is 4.30. The molecule has 26 heavy (non-hydrogen) atoms. The van der Waals surface area contributed by atoms with Crippen molar-refractivity contribution in [1.82, 2.24) is 15.2 Å². The second-order valence-corrected chi connectivity index (χ2v) is 10.2. The molecule has 0 fully saturated rings. The normalized spacial score (nSPS) is 12.5. The number of fused-ring (bicyclic) bond motifs is 1. The number of aromatic nitrogens is 3. The highest BCUT2D eigenvalue weighted by molar-refractivity contribution is 7.92. The van der Waals surface area contributed by atoms with Crippen molar-refractivity contribution in [2.24, 2.45) is 0 Å². The van der Waals surface area contributed by atoms with Crippen LogP contribution in [0.5, 0.6) is 0 Å². The minimum atomic E-state index is -3.47. The van der Waals surface area contributed by atoms with Crippen molar-refractivity contribution in [1.29, 1.82) is 0 Å². The zero-order valence-electron chi connectivity index (χ0n) is 15.9. The molecular formula is C19H24N4O2S. The molecule has 0 amide bonds. The lowest BCUT2D eigenvalue weighted by molar-refractivity contribution is 0.560. The summed E-state index contributed by atoms with van der Waals surface area (Å²) in [5, 5.41) is 11.3. The Bertz CT molecular complexity index is 1090. The second kappa shape index (κ2) is 6.09. The number of aryl methyl sites for hydroxylation is 2. The van der Waals surface area contributed by atoms with Gasteiger partial charge >= 0.3 is 0 Å². The van der Waals surface area contributed by atoms with Crippen molar-refractivity contribution in [2.75, 3.05) is 5.32 Å². The van der Waals surface area contributed by atoms with Crippen LogP contribution in [0, 0.1) is 20.8 Å². The Balaban J connectivity index is 2.21. The van der Waals surface area contributed by atoms with E-state index in [2.05, 4.69) is 20.5 Å². The van der Waals surface area contributed by atoms with Crippen molar-refractivity contribution in [3.63, 3.8) is 0 Å². The van der Waals surface area contributed by atoms with Gasteiger partial charge in [-0.2, -0.15) is 5.10 Å². The van der Waals surface area contributed by atoms with Gasteiger partial charge in [0.15, 0.2) is 15.7 Å². The average Bonchev–Trinajstić information content (AvgIpc) is 2.85. The number of nitrogens with one attached hydrogen (secondary N) is 2. The summed E-state index contributed by atoms with van der Waals surface area (Å²) in [5.74, 6) is 0.718. The van der Waals surface area contributed by atoms with Crippen LogP contribution < -0.4 is 5.32 Å². The molecule has 0 spiro atoms. The highest BCUT2D eigenvalue weighted by Gasteiger charge is 2.32. The molecule has 2 aromatic heterocycles. The van der Waals surface area contributed by atoms with Gasteiger partial charge in [0.2, 0.25) is 0 Å². The number of nitrogens with zero attached hydrogens (tertiary/aromatic N) is 2. The van der Waals surface area contributed by atoms with E-state index in [9.17, 15) is 8.42 Å². The van der Waals surface area contributed by atoms with Gasteiger partial charge in [-0.25, -0.2) is 8.42 Å². The standard InChI is InChI=1S/C19H24N4O2S/c1-11-9-16-14(10-17(11)26(24,25)19(4,5)6)15(7-8-20-16)21-18-12(2)13(3)22-23-18/h7-10H,1-6H3,(H2,20,21,22,23). The van der Waals surface area contributed by atoms with E-state index in [1.54, 1.807) is 40.0 Å². The molecule has 2 N–H and O–H groups in total. The molecule has 0 saturated heterocycles. The van der Waals surface area contributed by atoms with Gasteiger partial charge < -0.3 is 5.32 Å². The minimum Gasteiger partial charge on any atom is -0.338 e. The van der Waals surface area contributed by atoms with Gasteiger partial charge in [-0.15, -0.1) is 0 Å². The van der Waals surface area contributed by atoms with Crippen LogP contribution in [0.2, 0.25) is 0 Å². The molecule has 0 aliphatic rings. The van der Waals surface area contributed by atoms with E-state index >= 15 is 0 Å². The van der Waals surface area contributed by atoms with E-state index in [0.29, 0.717) is 10.5 Å². The van der Waals surface area contributed by atoms with E-state index in [1.165, 1.54) is 0 Å². The molecule has 0 radical (unpaired) electrons. The van der Waals surface area contributed by atoms with Gasteiger partial charge in [-0.05, 0) is 65.3 Å². The lowest BCUT2D eigenvalue weighted by Crippen LogP contribution is -2.28. The maximum atomic E-state index is 13.0. The number of aromatic amines is 1. The van der Waals surface area contributed by atoms with Crippen LogP contribution in [0.25, 0.3) is 10.9 Å². The molecule has 0 bridgehead atoms. The first-order valence-corrected chi connectivity index (χ1v) is 9.93. The Labute approximate surface area is 154 Å². The largest absolute Gasteiger partial charge is 0.338 e. The fourth-order valence-electron chi connectivity index (χ4n) is 2.74. The lowest BCUT2D eigenvalue weighted by atomic mass is 10.1. The van der Waals surface area contributed by atoms with Crippen LogP contribution in [0.3, 0.4) is 0 Å². The number of sulfone groups is 1. The van der Waals surface area contributed by atoms with Crippen LogP contribution in [0.4, 0.5) is 11.5 Å². The first kappa shape index (κ1) is 18.4. The molecule has 0 atom stereocenters. The van der Waals surface area contributed by atoms with Crippen LogP contribution >= 0.6 is 0 Å². The van der Waals surface area contributed by atoms with Crippen LogP contribution in [-0.2, 0) is 9.84 Å². The van der Waals surface area contributed by atoms with E-state index in [4.69, 9.17) is 0 Å². The smallest absolute Gasteiger partial charge is 0.183 e. The zero-order chi connectivity index (χ0) is 19.3. The Morgan fingerprint density at radius 1 is 1.12 bits per heavy atom. The molecule has 3 rings (SSSR count). The molecule has 1 aromatic carbocycles. The fraction of sp³-hybridized carbons (Fsp3) is 0.368. The van der Waals surface area contributed by atoms with Crippen molar-refractivity contribution in [3.8, 4) is 0 Å². The molecule has 7 heteroatoms. The molecule has 2 heterocycles. The van der Waals surface area contributed by atoms with Crippen LogP contribution in [0.1, 0.15) is 37.6 Å². The van der Waals surface area contributed by atoms with E-state index in [-0.39, 0.29) is 0 Å². The highest BCUT2D eigenvalue weighted by Crippen LogP contribution is 2.33. The molecule has 0 unspecified atom stereocenters. The van der Waals surface area contributed by atoms with Crippen molar-refractivity contribution < 1.29 is 8.42 Å². The first-order valence-electron chi connectivity index (χ1n) is 8.45. The topological polar surface area (TPSA) is 87.7 Å². The number of H-pyrrole nitrogens is 1. The van der Waals surface area contributed by atoms with Crippen molar-refractivity contribution in [2.45, 2.75) is 51.2 Å². The molecule has 138 valence electrons. The Morgan fingerprint density at radius 3 is 2.38 bits per heavy atom. The summed E-state index contributed by atoms with van der Waals surface area (Å²) in [4.78, 5) is 4.73. The summed E-state index contributed by atoms with van der Waals surface area (Å²) in [5.41, 5.74) is 4.21. The van der Waals surface area contributed by atoms with E-state index in [1.807, 2.05) is 26.0 Å². The number of anilines is 2. The highest BCUT2D eigenvalue weighted by atomic mass is 32.2. The van der Waals surface area contributed by atoms with Crippen LogP contribution in [-0.4, -0.2) is 28.3 Å². The monoisotopic (exact) mass is 372 g/mol. The number of rotatable bonds is 3. The Morgan fingerprint density at radius 2 is 1.81 bits per heavy atom. The molecule has 0 aliphatic carbocycles. The van der Waals surface area contributed by atoms with Gasteiger partial charge in [0, 0.05) is 22.8 Å². The summed E-state index contributed by atoms with van der Waals surface area (Å²) in [6, 6.07) is 5.37. The molecule has 3 aromatic rings. The molecule has 0 aliphatic heterocycles. The molecule has 6 nitrogen and oxygen atoms in total. The second-order valence-electron chi connectivity index (χ2n) is 7.56. The summed E-state index contributed by atoms with van der Waals surface area (Å²) in [6.45, 7) is 10.9. The van der Waals surface area contributed by atoms with Crippen LogP contribution in [0.15, 0.2) is 29.3 Å². The zero-order valence-corrected chi connectivity index (χ0v) is 16.7. The minimum absolute atomic E-state index is 0.337. The van der Waals surface area contributed by atoms with Gasteiger partial charge in [0.1, 0.15) is 0 Å². The molecular weight excluding hydrogens is 348 g/mol. The van der Waals surface area contributed by atoms with Gasteiger partial charge in [0.05, 0.1) is 20.8 Å². The van der Waals surface area contributed by atoms with Crippen molar-refractivity contribution >= 4 is 32.2 Å². The maximum Gasteiger partial charge on any atom is 0.183 e. The predicted molar refractivity (Wildman–Crippen MR) is 105 cm³/mol. The number of benzene rings is 1. The summed E-state index contributed by atoms with van der Waals surface area (Å²) in [7, 11) is -3.47. The van der Waals surface area contributed by atoms with Crippen molar-refractivity contribution in [3.05, 3.63) is 41.2 Å². The third kappa shape index (κ3) is 2.96. The van der Waals surface area contributed by atoms with E-state index < -0.39 is 14.6 Å². The lowest BCUT2D eigenvalue weighted by Gasteiger charge is -2.21. The number of hydrogen-bond donors (Lipinski definition) is 2. The predicted octanol–water partition coefficient (Wildman–Crippen LogP) is 4.20. The van der Waals surface area contributed by atoms with E-state index in [0.717, 1.165) is 33.7 Å². The summed E-state index contributed by atoms with van der Waals surface area (Å²) >= 11 is 0. The SMILES string of the molecule is Cc1cc2nccc(Nc3n[nH]c(C)c3C)c2cc1S(=O)(=O)C(C)(C)C. The third-order valence-corrected chi connectivity index (χ3v) is 7.27. The third-order valence-electron chi connectivity index (χ3n) is 4.64. The van der Waals surface area contributed by atoms with Gasteiger partial charge in [-0.3, -0.25) is 10.1 Å². The number of pyridine rings is 1. The first-order chi connectivity index (χ1) is 12.0. The quantitative estimate of drug-likeness (QED) is 0.719. The summed E-state index contributed by atoms with van der Waals surface area (Å²) < 4.78 is 25.1. The number of hydrogen-bond acceptors (Lipinski definition) is 5. The van der Waals surface area contributed by atoms with Gasteiger partial charge in [-0.1, -0.05) is 0 Å². The fourth-order valence-corrected chi connectivity index (χ4v) is 4.16. The van der Waals surface area contributed by atoms with Gasteiger partial charge in [0.25, 0.3) is 0 Å². The summed E-state index contributed by atoms with van der Waals surface area (Å²) in [6.07, 6.45) is 1.71. The molecule has 0 saturated carbocycles.